The molecule has 0 saturated carbocycles. The van der Waals surface area contributed by atoms with Gasteiger partial charge in [-0.1, -0.05) is 41.9 Å². The van der Waals surface area contributed by atoms with E-state index in [2.05, 4.69) is 15.8 Å². The summed E-state index contributed by atoms with van der Waals surface area (Å²) in [6.45, 7) is 7.14. The van der Waals surface area contributed by atoms with Gasteiger partial charge in [0.1, 0.15) is 17.0 Å². The van der Waals surface area contributed by atoms with Crippen LogP contribution in [0.2, 0.25) is 5.02 Å². The summed E-state index contributed by atoms with van der Waals surface area (Å²) in [4.78, 5) is 12.5. The molecule has 118 valence electrons. The second kappa shape index (κ2) is 7.42. The molecule has 1 amide bonds. The van der Waals surface area contributed by atoms with Gasteiger partial charge in [0, 0.05) is 18.2 Å². The van der Waals surface area contributed by atoms with E-state index in [4.69, 9.17) is 16.1 Å². The number of nitrogens with one attached hydrogen (secondary N) is 2. The van der Waals surface area contributed by atoms with Crippen LogP contribution in [-0.2, 0) is 0 Å². The predicted octanol–water partition coefficient (Wildman–Crippen LogP) is 3.03. The van der Waals surface area contributed by atoms with Gasteiger partial charge in [-0.3, -0.25) is 4.79 Å². The van der Waals surface area contributed by atoms with Gasteiger partial charge in [0.05, 0.1) is 5.02 Å². The van der Waals surface area contributed by atoms with E-state index in [-0.39, 0.29) is 11.9 Å². The molecular formula is C16H20ClN3O2. The molecule has 1 aromatic heterocycles. The van der Waals surface area contributed by atoms with Crippen molar-refractivity contribution in [3.8, 4) is 11.3 Å². The Morgan fingerprint density at radius 3 is 2.82 bits per heavy atom. The fourth-order valence-electron chi connectivity index (χ4n) is 2.23. The zero-order chi connectivity index (χ0) is 16.1. The van der Waals surface area contributed by atoms with Crippen LogP contribution in [0, 0.1) is 6.92 Å². The van der Waals surface area contributed by atoms with E-state index in [0.717, 1.165) is 6.54 Å². The summed E-state index contributed by atoms with van der Waals surface area (Å²) < 4.78 is 5.20. The SMILES string of the molecule is CCN[C@H](C)CNC(=O)c1c(-c2ccccc2Cl)noc1C. The lowest BCUT2D eigenvalue weighted by Gasteiger charge is -2.13. The standard InChI is InChI=1S/C16H20ClN3O2/c1-4-18-10(2)9-19-16(21)14-11(3)22-20-15(14)12-7-5-6-8-13(12)17/h5-8,10,18H,4,9H2,1-3H3,(H,19,21)/t10-/m1/s1. The van der Waals surface area contributed by atoms with E-state index in [0.29, 0.717) is 34.1 Å². The highest BCUT2D eigenvalue weighted by atomic mass is 35.5. The minimum absolute atomic E-state index is 0.192. The number of aryl methyl sites for hydroxylation is 1. The van der Waals surface area contributed by atoms with Crippen molar-refractivity contribution in [2.45, 2.75) is 26.8 Å². The maximum Gasteiger partial charge on any atom is 0.257 e. The highest BCUT2D eigenvalue weighted by Gasteiger charge is 2.22. The van der Waals surface area contributed by atoms with Gasteiger partial charge in [-0.15, -0.1) is 0 Å². The van der Waals surface area contributed by atoms with Crippen LogP contribution in [-0.4, -0.2) is 30.2 Å². The average molecular weight is 322 g/mol. The first-order chi connectivity index (χ1) is 10.5. The zero-order valence-corrected chi connectivity index (χ0v) is 13.7. The second-order valence-electron chi connectivity index (χ2n) is 5.11. The number of hydrogen-bond acceptors (Lipinski definition) is 4. The Bertz CT molecular complexity index is 655. The number of aromatic nitrogens is 1. The lowest BCUT2D eigenvalue weighted by Crippen LogP contribution is -2.39. The summed E-state index contributed by atoms with van der Waals surface area (Å²) in [7, 11) is 0. The van der Waals surface area contributed by atoms with Crippen LogP contribution in [0.25, 0.3) is 11.3 Å². The summed E-state index contributed by atoms with van der Waals surface area (Å²) in [5.41, 5.74) is 1.58. The van der Waals surface area contributed by atoms with E-state index < -0.39 is 0 Å². The number of halogens is 1. The highest BCUT2D eigenvalue weighted by molar-refractivity contribution is 6.33. The number of rotatable bonds is 6. The van der Waals surface area contributed by atoms with Gasteiger partial charge in [0.25, 0.3) is 5.91 Å². The van der Waals surface area contributed by atoms with E-state index in [1.165, 1.54) is 0 Å². The number of carbonyl (C=O) groups is 1. The number of benzene rings is 1. The molecule has 1 atom stereocenters. The molecule has 0 aliphatic heterocycles. The van der Waals surface area contributed by atoms with Crippen molar-refractivity contribution in [3.63, 3.8) is 0 Å². The van der Waals surface area contributed by atoms with Crippen LogP contribution in [0.1, 0.15) is 30.0 Å². The molecule has 1 heterocycles. The Kier molecular flexibility index (Phi) is 5.57. The van der Waals surface area contributed by atoms with Crippen molar-refractivity contribution in [3.05, 3.63) is 40.6 Å². The first kappa shape index (κ1) is 16.5. The third-order valence-electron chi connectivity index (χ3n) is 3.34. The maximum absolute atomic E-state index is 12.5. The third-order valence-corrected chi connectivity index (χ3v) is 3.67. The Hall–Kier alpha value is -1.85. The topological polar surface area (TPSA) is 67.2 Å². The van der Waals surface area contributed by atoms with Gasteiger partial charge in [-0.2, -0.15) is 0 Å². The number of likely N-dealkylation sites (N-methyl/N-ethyl adjacent to an activating group) is 1. The van der Waals surface area contributed by atoms with Gasteiger partial charge in [0.2, 0.25) is 0 Å². The summed E-state index contributed by atoms with van der Waals surface area (Å²) in [5, 5.41) is 10.7. The molecule has 0 unspecified atom stereocenters. The normalized spacial score (nSPS) is 12.2. The molecule has 1 aromatic carbocycles. The molecule has 5 nitrogen and oxygen atoms in total. The monoisotopic (exact) mass is 321 g/mol. The van der Waals surface area contributed by atoms with Crippen molar-refractivity contribution >= 4 is 17.5 Å². The quantitative estimate of drug-likeness (QED) is 0.858. The number of amides is 1. The molecule has 0 bridgehead atoms. The van der Waals surface area contributed by atoms with Crippen molar-refractivity contribution < 1.29 is 9.32 Å². The molecule has 2 aromatic rings. The fourth-order valence-corrected chi connectivity index (χ4v) is 2.46. The van der Waals surface area contributed by atoms with Crippen molar-refractivity contribution in [1.82, 2.24) is 15.8 Å². The maximum atomic E-state index is 12.5. The van der Waals surface area contributed by atoms with Crippen LogP contribution in [0.5, 0.6) is 0 Å². The van der Waals surface area contributed by atoms with Crippen LogP contribution in [0.3, 0.4) is 0 Å². The number of hydrogen-bond donors (Lipinski definition) is 2. The van der Waals surface area contributed by atoms with Gasteiger partial charge in [-0.25, -0.2) is 0 Å². The van der Waals surface area contributed by atoms with Gasteiger partial charge in [-0.05, 0) is 26.5 Å². The first-order valence-electron chi connectivity index (χ1n) is 7.27. The van der Waals surface area contributed by atoms with Gasteiger partial charge >= 0.3 is 0 Å². The molecule has 0 saturated heterocycles. The van der Waals surface area contributed by atoms with Crippen molar-refractivity contribution in [2.75, 3.05) is 13.1 Å². The van der Waals surface area contributed by atoms with Crippen molar-refractivity contribution in [1.29, 1.82) is 0 Å². The summed E-state index contributed by atoms with van der Waals surface area (Å²) >= 11 is 6.19. The molecule has 0 fully saturated rings. The van der Waals surface area contributed by atoms with Crippen molar-refractivity contribution in [2.24, 2.45) is 0 Å². The lowest BCUT2D eigenvalue weighted by molar-refractivity contribution is 0.0949. The summed E-state index contributed by atoms with van der Waals surface area (Å²) in [5.74, 6) is 0.266. The Balaban J connectivity index is 2.23. The Labute approximate surface area is 135 Å². The minimum Gasteiger partial charge on any atom is -0.360 e. The predicted molar refractivity (Wildman–Crippen MR) is 87.2 cm³/mol. The average Bonchev–Trinajstić information content (AvgIpc) is 2.87. The van der Waals surface area contributed by atoms with E-state index >= 15 is 0 Å². The summed E-state index contributed by atoms with van der Waals surface area (Å²) in [6, 6.07) is 7.45. The second-order valence-corrected chi connectivity index (χ2v) is 5.52. The third kappa shape index (κ3) is 3.67. The summed E-state index contributed by atoms with van der Waals surface area (Å²) in [6.07, 6.45) is 0. The molecule has 2 N–H and O–H groups in total. The molecule has 2 rings (SSSR count). The fraction of sp³-hybridized carbons (Fsp3) is 0.375. The molecule has 0 aliphatic rings. The highest BCUT2D eigenvalue weighted by Crippen LogP contribution is 2.30. The molecule has 0 spiro atoms. The lowest BCUT2D eigenvalue weighted by atomic mass is 10.1. The van der Waals surface area contributed by atoms with Crippen LogP contribution >= 0.6 is 11.6 Å². The Morgan fingerprint density at radius 2 is 2.14 bits per heavy atom. The van der Waals surface area contributed by atoms with E-state index in [9.17, 15) is 4.79 Å². The van der Waals surface area contributed by atoms with Gasteiger partial charge in [0.15, 0.2) is 0 Å². The number of nitrogens with zero attached hydrogens (tertiary/aromatic N) is 1. The van der Waals surface area contributed by atoms with E-state index in [1.807, 2.05) is 32.0 Å². The number of carbonyl (C=O) groups excluding carboxylic acids is 1. The molecule has 0 radical (unpaired) electrons. The molecule has 6 heteroatoms. The van der Waals surface area contributed by atoms with Crippen LogP contribution in [0.4, 0.5) is 0 Å². The zero-order valence-electron chi connectivity index (χ0n) is 12.9. The Morgan fingerprint density at radius 1 is 1.41 bits per heavy atom. The first-order valence-corrected chi connectivity index (χ1v) is 7.65. The molecule has 22 heavy (non-hydrogen) atoms. The smallest absolute Gasteiger partial charge is 0.257 e. The van der Waals surface area contributed by atoms with Gasteiger partial charge < -0.3 is 15.2 Å². The minimum atomic E-state index is -0.210. The van der Waals surface area contributed by atoms with E-state index in [1.54, 1.807) is 13.0 Å². The molecular weight excluding hydrogens is 302 g/mol. The molecule has 0 aliphatic carbocycles. The van der Waals surface area contributed by atoms with Crippen LogP contribution < -0.4 is 10.6 Å². The largest absolute Gasteiger partial charge is 0.360 e. The van der Waals surface area contributed by atoms with Crippen LogP contribution in [0.15, 0.2) is 28.8 Å².